The summed E-state index contributed by atoms with van der Waals surface area (Å²) in [6.07, 6.45) is 1.15. The molecule has 0 bridgehead atoms. The molecule has 2 aromatic carbocycles. The van der Waals surface area contributed by atoms with Crippen molar-refractivity contribution in [3.05, 3.63) is 58.1 Å². The van der Waals surface area contributed by atoms with Gasteiger partial charge in [-0.15, -0.1) is 0 Å². The molecule has 2 aromatic rings. The second-order valence-corrected chi connectivity index (χ2v) is 5.75. The van der Waals surface area contributed by atoms with Crippen LogP contribution in [0.2, 0.25) is 0 Å². The third kappa shape index (κ3) is 4.36. The average molecular weight is 334 g/mol. The van der Waals surface area contributed by atoms with Gasteiger partial charge < -0.3 is 10.1 Å². The van der Waals surface area contributed by atoms with Crippen LogP contribution in [0.25, 0.3) is 0 Å². The first-order chi connectivity index (χ1) is 9.69. The minimum atomic E-state index is 0.848. The van der Waals surface area contributed by atoms with Crippen molar-refractivity contribution in [1.82, 2.24) is 5.32 Å². The van der Waals surface area contributed by atoms with Gasteiger partial charge in [-0.2, -0.15) is 0 Å². The Kier molecular flexibility index (Phi) is 5.62. The zero-order chi connectivity index (χ0) is 14.4. The molecule has 0 aromatic heterocycles. The highest BCUT2D eigenvalue weighted by atomic mass is 79.9. The van der Waals surface area contributed by atoms with Gasteiger partial charge in [0.15, 0.2) is 0 Å². The molecule has 2 nitrogen and oxygen atoms in total. The first-order valence-corrected chi connectivity index (χ1v) is 7.72. The van der Waals surface area contributed by atoms with E-state index < -0.39 is 0 Å². The van der Waals surface area contributed by atoms with E-state index in [1.54, 1.807) is 0 Å². The predicted octanol–water partition coefficient (Wildman–Crippen LogP) is 5.05. The molecule has 2 rings (SSSR count). The molecule has 0 radical (unpaired) electrons. The molecule has 0 unspecified atom stereocenters. The standard InChI is InChI=1S/C17H20BrNO/c1-3-9-19-12-14-8-7-13(2)17(10-14)20-16-6-4-5-15(18)11-16/h4-8,10-11,19H,3,9,12H2,1-2H3. The predicted molar refractivity (Wildman–Crippen MR) is 87.4 cm³/mol. The number of halogens is 1. The number of ether oxygens (including phenoxy) is 1. The third-order valence-corrected chi connectivity index (χ3v) is 3.53. The lowest BCUT2D eigenvalue weighted by atomic mass is 10.1. The SMILES string of the molecule is CCCNCc1ccc(C)c(Oc2cccc(Br)c2)c1. The Bertz CT molecular complexity index is 569. The van der Waals surface area contributed by atoms with Crippen molar-refractivity contribution in [3.8, 4) is 11.5 Å². The second-order valence-electron chi connectivity index (χ2n) is 4.84. The topological polar surface area (TPSA) is 21.3 Å². The molecule has 0 saturated heterocycles. The minimum absolute atomic E-state index is 0.848. The molecule has 0 amide bonds. The Morgan fingerprint density at radius 3 is 2.75 bits per heavy atom. The summed E-state index contributed by atoms with van der Waals surface area (Å²) in [5.74, 6) is 1.76. The summed E-state index contributed by atoms with van der Waals surface area (Å²) in [5.41, 5.74) is 2.39. The highest BCUT2D eigenvalue weighted by Gasteiger charge is 2.04. The lowest BCUT2D eigenvalue weighted by Crippen LogP contribution is -2.13. The maximum Gasteiger partial charge on any atom is 0.130 e. The highest BCUT2D eigenvalue weighted by Crippen LogP contribution is 2.27. The first-order valence-electron chi connectivity index (χ1n) is 6.92. The van der Waals surface area contributed by atoms with Gasteiger partial charge in [-0.25, -0.2) is 0 Å². The molecule has 0 fully saturated rings. The van der Waals surface area contributed by atoms with Crippen molar-refractivity contribution in [2.24, 2.45) is 0 Å². The largest absolute Gasteiger partial charge is 0.457 e. The summed E-state index contributed by atoms with van der Waals surface area (Å²) in [5, 5.41) is 3.41. The molecular weight excluding hydrogens is 314 g/mol. The fourth-order valence-corrected chi connectivity index (χ4v) is 2.31. The molecule has 0 atom stereocenters. The van der Waals surface area contributed by atoms with Crippen molar-refractivity contribution < 1.29 is 4.74 Å². The summed E-state index contributed by atoms with van der Waals surface area (Å²) in [6, 6.07) is 14.3. The van der Waals surface area contributed by atoms with Gasteiger partial charge in [-0.1, -0.05) is 41.1 Å². The molecule has 0 spiro atoms. The number of benzene rings is 2. The van der Waals surface area contributed by atoms with Crippen molar-refractivity contribution >= 4 is 15.9 Å². The van der Waals surface area contributed by atoms with Gasteiger partial charge >= 0.3 is 0 Å². The summed E-state index contributed by atoms with van der Waals surface area (Å²) < 4.78 is 7.00. The van der Waals surface area contributed by atoms with Crippen molar-refractivity contribution in [1.29, 1.82) is 0 Å². The minimum Gasteiger partial charge on any atom is -0.457 e. The van der Waals surface area contributed by atoms with Crippen LogP contribution in [0.1, 0.15) is 24.5 Å². The maximum absolute atomic E-state index is 5.98. The zero-order valence-electron chi connectivity index (χ0n) is 11.9. The number of aryl methyl sites for hydroxylation is 1. The van der Waals surface area contributed by atoms with Gasteiger partial charge in [-0.3, -0.25) is 0 Å². The third-order valence-electron chi connectivity index (χ3n) is 3.03. The Balaban J connectivity index is 2.12. The molecule has 0 aliphatic rings. The van der Waals surface area contributed by atoms with Gasteiger partial charge in [0.1, 0.15) is 11.5 Å². The van der Waals surface area contributed by atoms with Gasteiger partial charge in [0.2, 0.25) is 0 Å². The molecular formula is C17H20BrNO. The van der Waals surface area contributed by atoms with Crippen LogP contribution >= 0.6 is 15.9 Å². The average Bonchev–Trinajstić information content (AvgIpc) is 2.43. The molecule has 0 heterocycles. The van der Waals surface area contributed by atoms with Crippen LogP contribution in [0, 0.1) is 6.92 Å². The summed E-state index contributed by atoms with van der Waals surface area (Å²) in [4.78, 5) is 0. The molecule has 20 heavy (non-hydrogen) atoms. The molecule has 0 aliphatic carbocycles. The van der Waals surface area contributed by atoms with Gasteiger partial charge in [0, 0.05) is 11.0 Å². The van der Waals surface area contributed by atoms with E-state index in [-0.39, 0.29) is 0 Å². The van der Waals surface area contributed by atoms with E-state index in [4.69, 9.17) is 4.74 Å². The van der Waals surface area contributed by atoms with Crippen LogP contribution in [0.4, 0.5) is 0 Å². The Labute approximate surface area is 129 Å². The molecule has 0 aliphatic heterocycles. The highest BCUT2D eigenvalue weighted by molar-refractivity contribution is 9.10. The van der Waals surface area contributed by atoms with Crippen LogP contribution in [0.15, 0.2) is 46.9 Å². The maximum atomic E-state index is 5.98. The van der Waals surface area contributed by atoms with Gasteiger partial charge in [-0.05, 0) is 55.3 Å². The summed E-state index contributed by atoms with van der Waals surface area (Å²) in [7, 11) is 0. The van der Waals surface area contributed by atoms with Crippen LogP contribution in [-0.4, -0.2) is 6.54 Å². The van der Waals surface area contributed by atoms with Crippen molar-refractivity contribution in [3.63, 3.8) is 0 Å². The molecule has 106 valence electrons. The fourth-order valence-electron chi connectivity index (χ4n) is 1.93. The Morgan fingerprint density at radius 1 is 1.15 bits per heavy atom. The van der Waals surface area contributed by atoms with E-state index >= 15 is 0 Å². The summed E-state index contributed by atoms with van der Waals surface area (Å²) >= 11 is 3.46. The fraction of sp³-hybridized carbons (Fsp3) is 0.294. The molecule has 1 N–H and O–H groups in total. The van der Waals surface area contributed by atoms with Crippen molar-refractivity contribution in [2.75, 3.05) is 6.54 Å². The van der Waals surface area contributed by atoms with Crippen LogP contribution in [-0.2, 0) is 6.54 Å². The van der Waals surface area contributed by atoms with Gasteiger partial charge in [0.05, 0.1) is 0 Å². The lowest BCUT2D eigenvalue weighted by molar-refractivity contribution is 0.477. The van der Waals surface area contributed by atoms with E-state index in [0.717, 1.165) is 41.0 Å². The number of hydrogen-bond donors (Lipinski definition) is 1. The van der Waals surface area contributed by atoms with Crippen molar-refractivity contribution in [2.45, 2.75) is 26.8 Å². The van der Waals surface area contributed by atoms with Gasteiger partial charge in [0.25, 0.3) is 0 Å². The molecule has 3 heteroatoms. The Hall–Kier alpha value is -1.32. The van der Waals surface area contributed by atoms with Crippen LogP contribution in [0.3, 0.4) is 0 Å². The first kappa shape index (κ1) is 15.1. The summed E-state index contributed by atoms with van der Waals surface area (Å²) in [6.45, 7) is 6.15. The monoisotopic (exact) mass is 333 g/mol. The number of nitrogens with one attached hydrogen (secondary N) is 1. The number of hydrogen-bond acceptors (Lipinski definition) is 2. The van der Waals surface area contributed by atoms with Crippen LogP contribution in [0.5, 0.6) is 11.5 Å². The second kappa shape index (κ2) is 7.46. The normalized spacial score (nSPS) is 10.6. The molecule has 0 saturated carbocycles. The van der Waals surface area contributed by atoms with E-state index in [9.17, 15) is 0 Å². The van der Waals surface area contributed by atoms with E-state index in [0.29, 0.717) is 0 Å². The van der Waals surface area contributed by atoms with E-state index in [1.165, 1.54) is 5.56 Å². The van der Waals surface area contributed by atoms with E-state index in [2.05, 4.69) is 53.3 Å². The smallest absolute Gasteiger partial charge is 0.130 e. The Morgan fingerprint density at radius 2 is 2.00 bits per heavy atom. The van der Waals surface area contributed by atoms with E-state index in [1.807, 2.05) is 24.3 Å². The lowest BCUT2D eigenvalue weighted by Gasteiger charge is -2.11. The van der Waals surface area contributed by atoms with Crippen LogP contribution < -0.4 is 10.1 Å². The quantitative estimate of drug-likeness (QED) is 0.747. The number of rotatable bonds is 6. The zero-order valence-corrected chi connectivity index (χ0v) is 13.5.